The summed E-state index contributed by atoms with van der Waals surface area (Å²) in [6, 6.07) is 10.8. The van der Waals surface area contributed by atoms with Gasteiger partial charge < -0.3 is 20.1 Å². The lowest BCUT2D eigenvalue weighted by molar-refractivity contribution is 0.181. The number of rotatable bonds is 7. The van der Waals surface area contributed by atoms with Crippen molar-refractivity contribution in [2.45, 2.75) is 19.6 Å². The summed E-state index contributed by atoms with van der Waals surface area (Å²) in [5, 5.41) is 13.3. The van der Waals surface area contributed by atoms with E-state index in [9.17, 15) is 13.9 Å². The van der Waals surface area contributed by atoms with Crippen LogP contribution in [0.3, 0.4) is 0 Å². The van der Waals surface area contributed by atoms with Gasteiger partial charge in [-0.15, -0.1) is 0 Å². The molecule has 0 radical (unpaired) electrons. The zero-order chi connectivity index (χ0) is 19.8. The van der Waals surface area contributed by atoms with Crippen LogP contribution in [0.15, 0.2) is 47.5 Å². The molecule has 0 heterocycles. The second-order valence-corrected chi connectivity index (χ2v) is 6.06. The molecular weight excluding hydrogens is 352 g/mol. The third-order valence-corrected chi connectivity index (χ3v) is 4.01. The monoisotopic (exact) mass is 377 g/mol. The van der Waals surface area contributed by atoms with Gasteiger partial charge in [-0.1, -0.05) is 24.3 Å². The third kappa shape index (κ3) is 5.65. The van der Waals surface area contributed by atoms with Crippen molar-refractivity contribution < 1.29 is 18.6 Å². The van der Waals surface area contributed by atoms with Gasteiger partial charge in [0.05, 0.1) is 13.7 Å². The molecule has 0 aliphatic carbocycles. The summed E-state index contributed by atoms with van der Waals surface area (Å²) in [6.07, 6.45) is -1.05. The second kappa shape index (κ2) is 9.87. The van der Waals surface area contributed by atoms with Crippen LogP contribution in [0.2, 0.25) is 0 Å². The van der Waals surface area contributed by atoms with E-state index in [0.29, 0.717) is 19.0 Å². The number of hydrogen-bond donors (Lipinski definition) is 2. The maximum atomic E-state index is 13.9. The van der Waals surface area contributed by atoms with Crippen LogP contribution < -0.4 is 10.1 Å². The molecule has 0 aromatic heterocycles. The van der Waals surface area contributed by atoms with Crippen LogP contribution in [0.5, 0.6) is 5.75 Å². The van der Waals surface area contributed by atoms with Crippen LogP contribution in [-0.2, 0) is 6.54 Å². The minimum atomic E-state index is -1.05. The molecule has 0 aliphatic rings. The zero-order valence-corrected chi connectivity index (χ0v) is 15.7. The van der Waals surface area contributed by atoms with Gasteiger partial charge in [0.2, 0.25) is 0 Å². The molecule has 0 amide bonds. The summed E-state index contributed by atoms with van der Waals surface area (Å²) in [5.74, 6) is -0.174. The molecule has 0 saturated carbocycles. The molecule has 1 unspecified atom stereocenters. The Kier molecular flexibility index (Phi) is 7.55. The van der Waals surface area contributed by atoms with Crippen molar-refractivity contribution >= 4 is 5.96 Å². The van der Waals surface area contributed by atoms with Crippen molar-refractivity contribution in [1.82, 2.24) is 10.2 Å². The van der Waals surface area contributed by atoms with E-state index in [1.807, 2.05) is 6.92 Å². The predicted octanol–water partition coefficient (Wildman–Crippen LogP) is 3.10. The number of aliphatic imine (C=N–C) groups is 1. The van der Waals surface area contributed by atoms with Crippen molar-refractivity contribution in [2.75, 3.05) is 27.2 Å². The van der Waals surface area contributed by atoms with Gasteiger partial charge in [0.1, 0.15) is 11.9 Å². The molecule has 0 saturated heterocycles. The molecule has 0 spiro atoms. The van der Waals surface area contributed by atoms with Gasteiger partial charge in [-0.2, -0.15) is 0 Å². The highest BCUT2D eigenvalue weighted by Crippen LogP contribution is 2.19. The van der Waals surface area contributed by atoms with Crippen LogP contribution in [0.4, 0.5) is 8.78 Å². The first kappa shape index (κ1) is 20.6. The number of aliphatic hydroxyl groups excluding tert-OH is 1. The molecule has 2 aromatic rings. The molecule has 2 aromatic carbocycles. The lowest BCUT2D eigenvalue weighted by Crippen LogP contribution is -2.38. The number of guanidine groups is 1. The molecule has 0 bridgehead atoms. The Labute approximate surface area is 158 Å². The maximum Gasteiger partial charge on any atom is 0.194 e. The zero-order valence-electron chi connectivity index (χ0n) is 15.7. The minimum Gasteiger partial charge on any atom is -0.494 e. The highest BCUT2D eigenvalue weighted by Gasteiger charge is 2.14. The third-order valence-electron chi connectivity index (χ3n) is 4.01. The normalized spacial score (nSPS) is 12.6. The quantitative estimate of drug-likeness (QED) is 0.575. The first-order chi connectivity index (χ1) is 13.0. The average Bonchev–Trinajstić information content (AvgIpc) is 2.65. The number of nitrogens with one attached hydrogen (secondary N) is 1. The number of aliphatic hydroxyl groups is 1. The van der Waals surface area contributed by atoms with Crippen LogP contribution in [0.25, 0.3) is 0 Å². The Morgan fingerprint density at radius 1 is 1.22 bits per heavy atom. The highest BCUT2D eigenvalue weighted by atomic mass is 19.1. The molecule has 5 nitrogen and oxygen atoms in total. The smallest absolute Gasteiger partial charge is 0.194 e. The molecular formula is C20H25F2N3O2. The minimum absolute atomic E-state index is 0.00454. The summed E-state index contributed by atoms with van der Waals surface area (Å²) < 4.78 is 32.6. The second-order valence-electron chi connectivity index (χ2n) is 6.06. The number of ether oxygens (including phenoxy) is 1. The number of nitrogens with zero attached hydrogens (tertiary/aromatic N) is 2. The molecule has 2 N–H and O–H groups in total. The Balaban J connectivity index is 2.09. The average molecular weight is 377 g/mol. The SMILES string of the molecule is CCNC(=NCC(O)c1ccccc1F)N(C)Cc1ccc(OC)c(F)c1. The Morgan fingerprint density at radius 2 is 1.96 bits per heavy atom. The fourth-order valence-corrected chi connectivity index (χ4v) is 2.64. The van der Waals surface area contributed by atoms with E-state index < -0.39 is 17.7 Å². The summed E-state index contributed by atoms with van der Waals surface area (Å²) in [4.78, 5) is 6.18. The Bertz CT molecular complexity index is 784. The van der Waals surface area contributed by atoms with E-state index in [4.69, 9.17) is 4.74 Å². The summed E-state index contributed by atoms with van der Waals surface area (Å²) in [7, 11) is 3.22. The predicted molar refractivity (Wildman–Crippen MR) is 102 cm³/mol. The van der Waals surface area contributed by atoms with Crippen molar-refractivity contribution in [2.24, 2.45) is 4.99 Å². The molecule has 27 heavy (non-hydrogen) atoms. The van der Waals surface area contributed by atoms with Crippen molar-refractivity contribution in [3.8, 4) is 5.75 Å². The molecule has 146 valence electrons. The van der Waals surface area contributed by atoms with Gasteiger partial charge in [-0.3, -0.25) is 4.99 Å². The number of benzene rings is 2. The van der Waals surface area contributed by atoms with Crippen molar-refractivity contribution in [3.05, 3.63) is 65.2 Å². The molecule has 2 rings (SSSR count). The van der Waals surface area contributed by atoms with Gasteiger partial charge in [-0.25, -0.2) is 8.78 Å². The number of halogens is 2. The van der Waals surface area contributed by atoms with Crippen LogP contribution >= 0.6 is 0 Å². The van der Waals surface area contributed by atoms with E-state index >= 15 is 0 Å². The number of methoxy groups -OCH3 is 1. The van der Waals surface area contributed by atoms with Gasteiger partial charge in [-0.05, 0) is 30.7 Å². The summed E-state index contributed by atoms with van der Waals surface area (Å²) in [5.41, 5.74) is 0.952. The standard InChI is InChI=1S/C20H25F2N3O2/c1-4-23-20(24-12-18(26)15-7-5-6-8-16(15)21)25(2)13-14-9-10-19(27-3)17(22)11-14/h5-11,18,26H,4,12-13H2,1-3H3,(H,23,24). The van der Waals surface area contributed by atoms with Gasteiger partial charge in [0.15, 0.2) is 17.5 Å². The van der Waals surface area contributed by atoms with Crippen LogP contribution in [0.1, 0.15) is 24.2 Å². The van der Waals surface area contributed by atoms with Crippen LogP contribution in [0, 0.1) is 11.6 Å². The Hall–Kier alpha value is -2.67. The first-order valence-corrected chi connectivity index (χ1v) is 8.70. The van der Waals surface area contributed by atoms with E-state index in [2.05, 4.69) is 10.3 Å². The molecule has 0 aliphatic heterocycles. The first-order valence-electron chi connectivity index (χ1n) is 8.70. The molecule has 0 fully saturated rings. The van der Waals surface area contributed by atoms with E-state index in [1.165, 1.54) is 25.3 Å². The largest absolute Gasteiger partial charge is 0.494 e. The number of hydrogen-bond acceptors (Lipinski definition) is 3. The summed E-state index contributed by atoms with van der Waals surface area (Å²) >= 11 is 0. The molecule has 7 heteroatoms. The van der Waals surface area contributed by atoms with Crippen LogP contribution in [-0.4, -0.2) is 43.2 Å². The lowest BCUT2D eigenvalue weighted by Gasteiger charge is -2.23. The molecule has 1 atom stereocenters. The van der Waals surface area contributed by atoms with E-state index in [0.717, 1.165) is 5.56 Å². The van der Waals surface area contributed by atoms with Crippen molar-refractivity contribution in [3.63, 3.8) is 0 Å². The Morgan fingerprint density at radius 3 is 2.59 bits per heavy atom. The lowest BCUT2D eigenvalue weighted by atomic mass is 10.1. The summed E-state index contributed by atoms with van der Waals surface area (Å²) in [6.45, 7) is 2.95. The van der Waals surface area contributed by atoms with E-state index in [1.54, 1.807) is 36.2 Å². The van der Waals surface area contributed by atoms with Gasteiger partial charge >= 0.3 is 0 Å². The van der Waals surface area contributed by atoms with E-state index in [-0.39, 0.29) is 17.9 Å². The van der Waals surface area contributed by atoms with Gasteiger partial charge in [0.25, 0.3) is 0 Å². The van der Waals surface area contributed by atoms with Crippen molar-refractivity contribution in [1.29, 1.82) is 0 Å². The fourth-order valence-electron chi connectivity index (χ4n) is 2.64. The maximum absolute atomic E-state index is 13.9. The topological polar surface area (TPSA) is 57.1 Å². The highest BCUT2D eigenvalue weighted by molar-refractivity contribution is 5.79. The fraction of sp³-hybridized carbons (Fsp3) is 0.350. The van der Waals surface area contributed by atoms with Gasteiger partial charge in [0, 0.05) is 25.7 Å².